The highest BCUT2D eigenvalue weighted by molar-refractivity contribution is 5.77. The first-order valence-electron chi connectivity index (χ1n) is 19.3. The van der Waals surface area contributed by atoms with Gasteiger partial charge in [-0.3, -0.25) is 9.59 Å². The van der Waals surface area contributed by atoms with Crippen LogP contribution in [0.2, 0.25) is 0 Å². The predicted molar refractivity (Wildman–Crippen MR) is 203 cm³/mol. The topological polar surface area (TPSA) is 162 Å². The third-order valence-corrected chi connectivity index (χ3v) is 11.4. The third-order valence-electron chi connectivity index (χ3n) is 11.4. The molecule has 13 heteroatoms. The molecule has 2 aliphatic heterocycles. The van der Waals surface area contributed by atoms with Crippen LogP contribution in [-0.2, 0) is 28.5 Å². The molecule has 0 saturated carbocycles. The van der Waals surface area contributed by atoms with Crippen molar-refractivity contribution >= 4 is 11.9 Å². The zero-order valence-electron chi connectivity index (χ0n) is 34.5. The standard InChI is InChI=1S/C39H74N4O9/c1-15-30-39(10,48)34(45)28(8)43(14)22-24(4)20-38(9,47)35(26(6)32(23(2)3)27(7)36(46)51-30)52-37-33(29(42(12)13)19-25(5)50-37)49-18-16-17-41-31(44)21-40-11/h24-30,32-35,37,40,45,47-48H,2,15-22H2,1,3-14H3,(H,41,44). The number of nitrogens with zero attached hydrogens (tertiary/aromatic N) is 2. The minimum Gasteiger partial charge on any atom is -0.459 e. The fraction of sp³-hybridized carbons (Fsp3) is 0.897. The Morgan fingerprint density at radius 2 is 1.79 bits per heavy atom. The molecule has 0 aromatic carbocycles. The minimum absolute atomic E-state index is 0.0553. The number of hydrogen-bond donors (Lipinski definition) is 5. The van der Waals surface area contributed by atoms with Crippen molar-refractivity contribution in [3.05, 3.63) is 12.2 Å². The van der Waals surface area contributed by atoms with Gasteiger partial charge in [-0.05, 0) is 106 Å². The Labute approximate surface area is 314 Å². The van der Waals surface area contributed by atoms with Crippen molar-refractivity contribution < 1.29 is 43.9 Å². The van der Waals surface area contributed by atoms with E-state index >= 15 is 0 Å². The molecule has 0 bridgehead atoms. The summed E-state index contributed by atoms with van der Waals surface area (Å²) in [5.74, 6) is -2.32. The van der Waals surface area contributed by atoms with E-state index in [0.717, 1.165) is 5.57 Å². The summed E-state index contributed by atoms with van der Waals surface area (Å²) in [6.07, 6.45) is -2.59. The lowest BCUT2D eigenvalue weighted by atomic mass is 9.71. The Bertz CT molecular complexity index is 1140. The molecule has 2 rings (SSSR count). The highest BCUT2D eigenvalue weighted by Gasteiger charge is 2.50. The zero-order valence-corrected chi connectivity index (χ0v) is 34.5. The summed E-state index contributed by atoms with van der Waals surface area (Å²) in [6, 6.07) is -0.540. The third kappa shape index (κ3) is 12.2. The SMILES string of the molecule is C=C(C)C1C(C)C(=O)OC(CC)C(C)(O)C(O)C(C)N(C)CC(C)CC(C)(O)C(OC2OC(C)CC(N(C)C)C2OCCCNC(=O)CNC)C1C. The van der Waals surface area contributed by atoms with E-state index in [2.05, 4.69) is 22.1 Å². The molecule has 0 aromatic heterocycles. The number of carbonyl (C=O) groups excluding carboxylic acids is 2. The van der Waals surface area contributed by atoms with E-state index in [0.29, 0.717) is 45.4 Å². The number of amides is 1. The molecule has 52 heavy (non-hydrogen) atoms. The van der Waals surface area contributed by atoms with Crippen LogP contribution in [0.5, 0.6) is 0 Å². The summed E-state index contributed by atoms with van der Waals surface area (Å²) in [6.45, 7) is 22.5. The van der Waals surface area contributed by atoms with Crippen LogP contribution in [0.1, 0.15) is 88.0 Å². The van der Waals surface area contributed by atoms with Gasteiger partial charge in [-0.1, -0.05) is 39.8 Å². The van der Waals surface area contributed by atoms with Gasteiger partial charge in [0, 0.05) is 31.8 Å². The molecule has 14 unspecified atom stereocenters. The van der Waals surface area contributed by atoms with Crippen LogP contribution < -0.4 is 10.6 Å². The van der Waals surface area contributed by atoms with E-state index in [-0.39, 0.29) is 30.5 Å². The molecule has 2 saturated heterocycles. The summed E-state index contributed by atoms with van der Waals surface area (Å²) in [5.41, 5.74) is -2.39. The molecule has 2 aliphatic rings. The quantitative estimate of drug-likeness (QED) is 0.113. The van der Waals surface area contributed by atoms with Crippen molar-refractivity contribution in [3.63, 3.8) is 0 Å². The number of aliphatic hydroxyl groups excluding tert-OH is 1. The van der Waals surface area contributed by atoms with Gasteiger partial charge in [-0.15, -0.1) is 0 Å². The summed E-state index contributed by atoms with van der Waals surface area (Å²) >= 11 is 0. The van der Waals surface area contributed by atoms with E-state index in [1.54, 1.807) is 20.9 Å². The monoisotopic (exact) mass is 743 g/mol. The van der Waals surface area contributed by atoms with E-state index < -0.39 is 71.7 Å². The van der Waals surface area contributed by atoms with Crippen molar-refractivity contribution in [1.29, 1.82) is 0 Å². The first-order valence-corrected chi connectivity index (χ1v) is 19.3. The lowest BCUT2D eigenvalue weighted by molar-refractivity contribution is -0.304. The largest absolute Gasteiger partial charge is 0.459 e. The van der Waals surface area contributed by atoms with Gasteiger partial charge in [0.05, 0.1) is 30.3 Å². The van der Waals surface area contributed by atoms with Crippen LogP contribution in [0.15, 0.2) is 12.2 Å². The molecule has 0 aliphatic carbocycles. The Balaban J connectivity index is 2.59. The van der Waals surface area contributed by atoms with Gasteiger partial charge < -0.3 is 54.7 Å². The molecule has 2 heterocycles. The molecule has 13 nitrogen and oxygen atoms in total. The second kappa shape index (κ2) is 20.3. The average molecular weight is 743 g/mol. The van der Waals surface area contributed by atoms with Gasteiger partial charge in [0.1, 0.15) is 23.9 Å². The van der Waals surface area contributed by atoms with Crippen LogP contribution in [0.4, 0.5) is 0 Å². The first-order chi connectivity index (χ1) is 24.1. The highest BCUT2D eigenvalue weighted by atomic mass is 16.7. The number of nitrogens with one attached hydrogen (secondary N) is 2. The molecule has 5 N–H and O–H groups in total. The summed E-state index contributed by atoms with van der Waals surface area (Å²) < 4.78 is 26.0. The summed E-state index contributed by atoms with van der Waals surface area (Å²) in [7, 11) is 7.60. The molecular formula is C39H74N4O9. The van der Waals surface area contributed by atoms with Gasteiger partial charge in [-0.25, -0.2) is 0 Å². The van der Waals surface area contributed by atoms with E-state index in [1.807, 2.05) is 67.6 Å². The maximum atomic E-state index is 13.9. The Morgan fingerprint density at radius 3 is 2.35 bits per heavy atom. The highest BCUT2D eigenvalue weighted by Crippen LogP contribution is 2.41. The van der Waals surface area contributed by atoms with Gasteiger partial charge in [0.25, 0.3) is 0 Å². The molecule has 304 valence electrons. The smallest absolute Gasteiger partial charge is 0.309 e. The van der Waals surface area contributed by atoms with Crippen molar-refractivity contribution in [3.8, 4) is 0 Å². The number of likely N-dealkylation sites (N-methyl/N-ethyl adjacent to an activating group) is 3. The number of allylic oxidation sites excluding steroid dienone is 1. The van der Waals surface area contributed by atoms with Gasteiger partial charge in [0.15, 0.2) is 6.29 Å². The second-order valence-electron chi connectivity index (χ2n) is 16.6. The van der Waals surface area contributed by atoms with Crippen molar-refractivity contribution in [2.45, 2.75) is 148 Å². The van der Waals surface area contributed by atoms with Crippen LogP contribution in [0.3, 0.4) is 0 Å². The molecule has 1 amide bonds. The van der Waals surface area contributed by atoms with Crippen LogP contribution >= 0.6 is 0 Å². The molecule has 14 atom stereocenters. The summed E-state index contributed by atoms with van der Waals surface area (Å²) in [4.78, 5) is 30.0. The van der Waals surface area contributed by atoms with Crippen LogP contribution in [0.25, 0.3) is 0 Å². The maximum Gasteiger partial charge on any atom is 0.309 e. The number of rotatable bonds is 12. The molecular weight excluding hydrogens is 668 g/mol. The first kappa shape index (κ1) is 46.5. The normalized spacial score (nSPS) is 40.4. The maximum absolute atomic E-state index is 13.9. The Hall–Kier alpha value is -1.68. The lowest BCUT2D eigenvalue weighted by Gasteiger charge is -2.48. The Kier molecular flexibility index (Phi) is 18.1. The second-order valence-corrected chi connectivity index (χ2v) is 16.6. The fourth-order valence-electron chi connectivity index (χ4n) is 8.54. The minimum atomic E-state index is -1.71. The average Bonchev–Trinajstić information content (AvgIpc) is 3.04. The predicted octanol–water partition coefficient (Wildman–Crippen LogP) is 2.56. The Morgan fingerprint density at radius 1 is 1.15 bits per heavy atom. The van der Waals surface area contributed by atoms with E-state index in [1.165, 1.54) is 6.92 Å². The molecule has 0 radical (unpaired) electrons. The van der Waals surface area contributed by atoms with E-state index in [9.17, 15) is 24.9 Å². The van der Waals surface area contributed by atoms with E-state index in [4.69, 9.17) is 18.9 Å². The number of hydrogen-bond acceptors (Lipinski definition) is 12. The number of cyclic esters (lactones) is 1. The summed E-state index contributed by atoms with van der Waals surface area (Å²) in [5, 5.41) is 41.3. The molecule has 0 aromatic rings. The molecule has 0 spiro atoms. The molecule has 2 fully saturated rings. The number of aliphatic hydroxyl groups is 3. The van der Waals surface area contributed by atoms with Gasteiger partial charge in [0.2, 0.25) is 5.91 Å². The van der Waals surface area contributed by atoms with Crippen LogP contribution in [-0.4, -0.2) is 152 Å². The van der Waals surface area contributed by atoms with Gasteiger partial charge in [-0.2, -0.15) is 0 Å². The lowest BCUT2D eigenvalue weighted by Crippen LogP contribution is -2.59. The number of carbonyl (C=O) groups is 2. The van der Waals surface area contributed by atoms with Crippen molar-refractivity contribution in [2.75, 3.05) is 54.4 Å². The number of esters is 1. The van der Waals surface area contributed by atoms with Crippen LogP contribution in [0, 0.1) is 23.7 Å². The van der Waals surface area contributed by atoms with Crippen molar-refractivity contribution in [1.82, 2.24) is 20.4 Å². The number of ether oxygens (including phenoxy) is 4. The van der Waals surface area contributed by atoms with Crippen molar-refractivity contribution in [2.24, 2.45) is 23.7 Å². The van der Waals surface area contributed by atoms with Gasteiger partial charge >= 0.3 is 5.97 Å². The zero-order chi connectivity index (χ0) is 39.7. The fourth-order valence-corrected chi connectivity index (χ4v) is 8.54.